The minimum Gasteiger partial charge on any atom is -0.334 e. The van der Waals surface area contributed by atoms with E-state index in [0.29, 0.717) is 17.8 Å². The molecule has 0 spiro atoms. The summed E-state index contributed by atoms with van der Waals surface area (Å²) in [6.07, 6.45) is 1.93. The molecule has 0 aliphatic carbocycles. The third-order valence-electron chi connectivity index (χ3n) is 2.32. The minimum atomic E-state index is -0.261. The Morgan fingerprint density at radius 3 is 2.22 bits per heavy atom. The summed E-state index contributed by atoms with van der Waals surface area (Å²) in [5.41, 5.74) is 2.45. The Kier molecular flexibility index (Phi) is 5.11. The molecule has 0 aromatic heterocycles. The molecule has 1 aromatic rings. The largest absolute Gasteiger partial charge is 0.334 e. The van der Waals surface area contributed by atoms with Crippen LogP contribution in [0.1, 0.15) is 31.1 Å². The first kappa shape index (κ1) is 14.0. The Bertz CT molecular complexity index is 457. The summed E-state index contributed by atoms with van der Waals surface area (Å²) >= 11 is 0. The number of ketones is 1. The van der Waals surface area contributed by atoms with Crippen LogP contribution in [0.25, 0.3) is 0 Å². The molecule has 2 amide bonds. The quantitative estimate of drug-likeness (QED) is 0.634. The summed E-state index contributed by atoms with van der Waals surface area (Å²) in [4.78, 5) is 22.6. The number of anilines is 1. The molecule has 0 fully saturated rings. The number of rotatable bonds is 4. The van der Waals surface area contributed by atoms with Gasteiger partial charge >= 0.3 is 6.03 Å². The second-order valence-electron chi connectivity index (χ2n) is 4.25. The van der Waals surface area contributed by atoms with E-state index in [0.717, 1.165) is 5.57 Å². The Balaban J connectivity index is 2.49. The molecule has 0 radical (unpaired) electrons. The molecule has 96 valence electrons. The van der Waals surface area contributed by atoms with Crippen molar-refractivity contribution in [3.63, 3.8) is 0 Å². The van der Waals surface area contributed by atoms with Crippen LogP contribution in [0.2, 0.25) is 0 Å². The number of carbonyl (C=O) groups excluding carboxylic acids is 2. The fourth-order valence-corrected chi connectivity index (χ4v) is 1.31. The van der Waals surface area contributed by atoms with Gasteiger partial charge < -0.3 is 10.6 Å². The van der Waals surface area contributed by atoms with Crippen LogP contribution < -0.4 is 10.6 Å². The van der Waals surface area contributed by atoms with E-state index in [1.165, 1.54) is 6.92 Å². The topological polar surface area (TPSA) is 58.2 Å². The molecule has 4 heteroatoms. The highest BCUT2D eigenvalue weighted by atomic mass is 16.2. The van der Waals surface area contributed by atoms with Gasteiger partial charge in [0.15, 0.2) is 5.78 Å². The van der Waals surface area contributed by atoms with E-state index in [1.807, 2.05) is 19.9 Å². The number of urea groups is 1. The van der Waals surface area contributed by atoms with Crippen molar-refractivity contribution < 1.29 is 9.59 Å². The van der Waals surface area contributed by atoms with E-state index in [9.17, 15) is 9.59 Å². The van der Waals surface area contributed by atoms with Crippen LogP contribution in [0.4, 0.5) is 10.5 Å². The summed E-state index contributed by atoms with van der Waals surface area (Å²) in [6, 6.07) is 6.53. The second-order valence-corrected chi connectivity index (χ2v) is 4.25. The second kappa shape index (κ2) is 6.59. The van der Waals surface area contributed by atoms with Gasteiger partial charge in [0.25, 0.3) is 0 Å². The molecule has 4 nitrogen and oxygen atoms in total. The van der Waals surface area contributed by atoms with Gasteiger partial charge in [-0.05, 0) is 45.0 Å². The van der Waals surface area contributed by atoms with Crippen molar-refractivity contribution in [3.8, 4) is 0 Å². The molecule has 2 N–H and O–H groups in total. The van der Waals surface area contributed by atoms with Crippen molar-refractivity contribution in [2.45, 2.75) is 20.8 Å². The van der Waals surface area contributed by atoms with E-state index >= 15 is 0 Å². The first-order chi connectivity index (χ1) is 8.49. The van der Waals surface area contributed by atoms with Crippen molar-refractivity contribution >= 4 is 17.5 Å². The predicted molar refractivity (Wildman–Crippen MR) is 72.9 cm³/mol. The van der Waals surface area contributed by atoms with Gasteiger partial charge in [-0.2, -0.15) is 0 Å². The lowest BCUT2D eigenvalue weighted by Gasteiger charge is -2.06. The number of hydrogen-bond donors (Lipinski definition) is 2. The molecular weight excluding hydrogens is 228 g/mol. The van der Waals surface area contributed by atoms with Gasteiger partial charge in [0.1, 0.15) is 0 Å². The van der Waals surface area contributed by atoms with Crippen molar-refractivity contribution in [3.05, 3.63) is 41.5 Å². The SMILES string of the molecule is CC(=O)c1ccc(NC(=O)NCC=C(C)C)cc1. The van der Waals surface area contributed by atoms with E-state index in [1.54, 1.807) is 24.3 Å². The number of allylic oxidation sites excluding steroid dienone is 1. The highest BCUT2D eigenvalue weighted by Crippen LogP contribution is 2.09. The van der Waals surface area contributed by atoms with Crippen LogP contribution in [0.5, 0.6) is 0 Å². The van der Waals surface area contributed by atoms with E-state index in [4.69, 9.17) is 0 Å². The smallest absolute Gasteiger partial charge is 0.319 e. The normalized spacial score (nSPS) is 9.50. The molecule has 0 aliphatic heterocycles. The van der Waals surface area contributed by atoms with E-state index < -0.39 is 0 Å². The van der Waals surface area contributed by atoms with Crippen molar-refractivity contribution in [2.75, 3.05) is 11.9 Å². The zero-order chi connectivity index (χ0) is 13.5. The average Bonchev–Trinajstić information content (AvgIpc) is 2.29. The van der Waals surface area contributed by atoms with E-state index in [2.05, 4.69) is 10.6 Å². The van der Waals surface area contributed by atoms with Gasteiger partial charge in [-0.15, -0.1) is 0 Å². The molecule has 1 aromatic carbocycles. The Morgan fingerprint density at radius 2 is 1.72 bits per heavy atom. The molecule has 0 atom stereocenters. The summed E-state index contributed by atoms with van der Waals surface area (Å²) in [5, 5.41) is 5.40. The van der Waals surface area contributed by atoms with Gasteiger partial charge in [-0.3, -0.25) is 4.79 Å². The lowest BCUT2D eigenvalue weighted by atomic mass is 10.1. The fourth-order valence-electron chi connectivity index (χ4n) is 1.31. The zero-order valence-corrected chi connectivity index (χ0v) is 10.9. The first-order valence-electron chi connectivity index (χ1n) is 5.78. The van der Waals surface area contributed by atoms with Crippen LogP contribution in [0.3, 0.4) is 0 Å². The number of hydrogen-bond acceptors (Lipinski definition) is 2. The van der Waals surface area contributed by atoms with Crippen LogP contribution in [0.15, 0.2) is 35.9 Å². The van der Waals surface area contributed by atoms with Gasteiger partial charge in [-0.1, -0.05) is 11.6 Å². The highest BCUT2D eigenvalue weighted by Gasteiger charge is 2.02. The van der Waals surface area contributed by atoms with Crippen LogP contribution in [0, 0.1) is 0 Å². The predicted octanol–water partition coefficient (Wildman–Crippen LogP) is 2.98. The monoisotopic (exact) mass is 246 g/mol. The van der Waals surface area contributed by atoms with Gasteiger partial charge in [0.05, 0.1) is 0 Å². The summed E-state index contributed by atoms with van der Waals surface area (Å²) in [7, 11) is 0. The third-order valence-corrected chi connectivity index (χ3v) is 2.32. The number of carbonyl (C=O) groups is 2. The molecule has 0 unspecified atom stereocenters. The lowest BCUT2D eigenvalue weighted by Crippen LogP contribution is -2.28. The number of nitrogens with one attached hydrogen (secondary N) is 2. The molecule has 0 saturated heterocycles. The number of amides is 2. The lowest BCUT2D eigenvalue weighted by molar-refractivity contribution is 0.101. The molecule has 0 heterocycles. The molecule has 1 rings (SSSR count). The number of Topliss-reactive ketones (excluding diaryl/α,β-unsaturated/α-hetero) is 1. The van der Waals surface area contributed by atoms with Gasteiger partial charge in [0, 0.05) is 17.8 Å². The molecular formula is C14H18N2O2. The Hall–Kier alpha value is -2.10. The summed E-state index contributed by atoms with van der Waals surface area (Å²) < 4.78 is 0. The Labute approximate surface area is 107 Å². The van der Waals surface area contributed by atoms with Crippen molar-refractivity contribution in [1.82, 2.24) is 5.32 Å². The zero-order valence-electron chi connectivity index (χ0n) is 10.9. The maximum atomic E-state index is 11.5. The standard InChI is InChI=1S/C14H18N2O2/c1-10(2)8-9-15-14(18)16-13-6-4-12(5-7-13)11(3)17/h4-8H,9H2,1-3H3,(H2,15,16,18). The van der Waals surface area contributed by atoms with Gasteiger partial charge in [-0.25, -0.2) is 4.79 Å². The summed E-state index contributed by atoms with van der Waals surface area (Å²) in [5.74, 6) is 0.00885. The molecule has 18 heavy (non-hydrogen) atoms. The first-order valence-corrected chi connectivity index (χ1v) is 5.78. The van der Waals surface area contributed by atoms with Crippen molar-refractivity contribution in [2.24, 2.45) is 0 Å². The maximum absolute atomic E-state index is 11.5. The summed E-state index contributed by atoms with van der Waals surface area (Å²) in [6.45, 7) is 5.95. The molecule has 0 aliphatic rings. The minimum absolute atomic E-state index is 0.00885. The van der Waals surface area contributed by atoms with Crippen LogP contribution in [-0.2, 0) is 0 Å². The average molecular weight is 246 g/mol. The molecule has 0 bridgehead atoms. The van der Waals surface area contributed by atoms with E-state index in [-0.39, 0.29) is 11.8 Å². The third kappa shape index (κ3) is 4.82. The van der Waals surface area contributed by atoms with Gasteiger partial charge in [0.2, 0.25) is 0 Å². The Morgan fingerprint density at radius 1 is 1.11 bits per heavy atom. The van der Waals surface area contributed by atoms with Crippen LogP contribution in [-0.4, -0.2) is 18.4 Å². The highest BCUT2D eigenvalue weighted by molar-refractivity contribution is 5.95. The fraction of sp³-hybridized carbons (Fsp3) is 0.286. The van der Waals surface area contributed by atoms with Crippen molar-refractivity contribution in [1.29, 1.82) is 0 Å². The van der Waals surface area contributed by atoms with Crippen LogP contribution >= 0.6 is 0 Å². The molecule has 0 saturated carbocycles. The maximum Gasteiger partial charge on any atom is 0.319 e. The number of benzene rings is 1.